The maximum absolute atomic E-state index is 12.7. The molecule has 1 aromatic heterocycles. The van der Waals surface area contributed by atoms with Crippen LogP contribution in [0.15, 0.2) is 35.1 Å². The van der Waals surface area contributed by atoms with Crippen molar-refractivity contribution in [1.82, 2.24) is 15.3 Å². The first-order valence-corrected chi connectivity index (χ1v) is 10.4. The van der Waals surface area contributed by atoms with Crippen LogP contribution in [0.3, 0.4) is 0 Å². The summed E-state index contributed by atoms with van der Waals surface area (Å²) in [6, 6.07) is 10.1. The SMILES string of the molecule is Cc1nc(N2CCOCC2)[nH]c(=O)c1CCC(=O)NC1(c2ccccc2)CCC1. The van der Waals surface area contributed by atoms with Crippen molar-refractivity contribution in [2.24, 2.45) is 0 Å². The molecule has 1 aliphatic carbocycles. The Bertz CT molecular complexity index is 915. The van der Waals surface area contributed by atoms with Gasteiger partial charge in [0, 0.05) is 30.8 Å². The smallest absolute Gasteiger partial charge is 0.255 e. The highest BCUT2D eigenvalue weighted by atomic mass is 16.5. The number of rotatable bonds is 6. The number of H-pyrrole nitrogens is 1. The summed E-state index contributed by atoms with van der Waals surface area (Å²) in [4.78, 5) is 34.7. The van der Waals surface area contributed by atoms with Crippen LogP contribution in [-0.2, 0) is 21.5 Å². The van der Waals surface area contributed by atoms with Crippen molar-refractivity contribution in [2.45, 2.75) is 44.6 Å². The second-order valence-corrected chi connectivity index (χ2v) is 7.90. The van der Waals surface area contributed by atoms with E-state index >= 15 is 0 Å². The van der Waals surface area contributed by atoms with E-state index < -0.39 is 0 Å². The Balaban J connectivity index is 1.41. The van der Waals surface area contributed by atoms with Crippen LogP contribution in [0.25, 0.3) is 0 Å². The minimum absolute atomic E-state index is 0.0235. The fourth-order valence-electron chi connectivity index (χ4n) is 4.16. The molecule has 2 aromatic rings. The largest absolute Gasteiger partial charge is 0.378 e. The fraction of sp³-hybridized carbons (Fsp3) is 0.500. The summed E-state index contributed by atoms with van der Waals surface area (Å²) in [5.41, 5.74) is 2.01. The van der Waals surface area contributed by atoms with Crippen LogP contribution in [0, 0.1) is 6.92 Å². The Hall–Kier alpha value is -2.67. The molecule has 29 heavy (non-hydrogen) atoms. The third-order valence-corrected chi connectivity index (χ3v) is 6.03. The molecule has 7 nitrogen and oxygen atoms in total. The lowest BCUT2D eigenvalue weighted by Crippen LogP contribution is -2.50. The lowest BCUT2D eigenvalue weighted by Gasteiger charge is -2.43. The number of anilines is 1. The van der Waals surface area contributed by atoms with Gasteiger partial charge in [0.25, 0.3) is 5.56 Å². The fourth-order valence-corrected chi connectivity index (χ4v) is 4.16. The second-order valence-electron chi connectivity index (χ2n) is 7.90. The van der Waals surface area contributed by atoms with Crippen molar-refractivity contribution in [1.29, 1.82) is 0 Å². The van der Waals surface area contributed by atoms with Gasteiger partial charge in [-0.15, -0.1) is 0 Å². The summed E-state index contributed by atoms with van der Waals surface area (Å²) in [6.07, 6.45) is 3.68. The Labute approximate surface area is 170 Å². The van der Waals surface area contributed by atoms with E-state index in [1.807, 2.05) is 30.0 Å². The summed E-state index contributed by atoms with van der Waals surface area (Å²) >= 11 is 0. The molecule has 1 saturated heterocycles. The first-order valence-electron chi connectivity index (χ1n) is 10.4. The van der Waals surface area contributed by atoms with E-state index in [1.54, 1.807) is 0 Å². The highest BCUT2D eigenvalue weighted by Gasteiger charge is 2.39. The van der Waals surface area contributed by atoms with Crippen molar-refractivity contribution in [3.63, 3.8) is 0 Å². The van der Waals surface area contributed by atoms with E-state index in [2.05, 4.69) is 27.4 Å². The minimum atomic E-state index is -0.252. The van der Waals surface area contributed by atoms with Gasteiger partial charge in [0.1, 0.15) is 0 Å². The Morgan fingerprint density at radius 2 is 1.97 bits per heavy atom. The number of carbonyl (C=O) groups is 1. The number of aromatic amines is 1. The van der Waals surface area contributed by atoms with Gasteiger partial charge in [-0.1, -0.05) is 30.3 Å². The zero-order valence-electron chi connectivity index (χ0n) is 16.9. The summed E-state index contributed by atoms with van der Waals surface area (Å²) in [7, 11) is 0. The first kappa shape index (κ1) is 19.6. The van der Waals surface area contributed by atoms with Gasteiger partial charge >= 0.3 is 0 Å². The van der Waals surface area contributed by atoms with Crippen LogP contribution in [-0.4, -0.2) is 42.2 Å². The van der Waals surface area contributed by atoms with Gasteiger partial charge in [-0.25, -0.2) is 4.98 Å². The van der Waals surface area contributed by atoms with Crippen molar-refractivity contribution < 1.29 is 9.53 Å². The monoisotopic (exact) mass is 396 g/mol. The quantitative estimate of drug-likeness (QED) is 0.780. The number of carbonyl (C=O) groups excluding carboxylic acids is 1. The van der Waals surface area contributed by atoms with E-state index in [-0.39, 0.29) is 23.4 Å². The highest BCUT2D eigenvalue weighted by Crippen LogP contribution is 2.41. The van der Waals surface area contributed by atoms with Gasteiger partial charge in [-0.05, 0) is 38.2 Å². The number of amides is 1. The summed E-state index contributed by atoms with van der Waals surface area (Å²) < 4.78 is 5.35. The molecule has 2 fully saturated rings. The number of hydrogen-bond acceptors (Lipinski definition) is 5. The molecule has 0 unspecified atom stereocenters. The van der Waals surface area contributed by atoms with Crippen molar-refractivity contribution in [3.05, 3.63) is 57.5 Å². The number of morpholine rings is 1. The third-order valence-electron chi connectivity index (χ3n) is 6.03. The lowest BCUT2D eigenvalue weighted by molar-refractivity contribution is -0.124. The van der Waals surface area contributed by atoms with Gasteiger partial charge in [0.15, 0.2) is 0 Å². The molecule has 4 rings (SSSR count). The Kier molecular flexibility index (Phi) is 5.67. The van der Waals surface area contributed by atoms with Crippen LogP contribution in [0.2, 0.25) is 0 Å². The zero-order valence-corrected chi connectivity index (χ0v) is 16.9. The molecule has 1 aromatic carbocycles. The molecule has 1 amide bonds. The van der Waals surface area contributed by atoms with E-state index in [0.717, 1.165) is 24.8 Å². The molecule has 0 bridgehead atoms. The van der Waals surface area contributed by atoms with Crippen molar-refractivity contribution in [3.8, 4) is 0 Å². The van der Waals surface area contributed by atoms with Gasteiger partial charge in [0.05, 0.1) is 18.8 Å². The highest BCUT2D eigenvalue weighted by molar-refractivity contribution is 5.77. The molecule has 7 heteroatoms. The predicted octanol–water partition coefficient (Wildman–Crippen LogP) is 2.04. The molecular weight excluding hydrogens is 368 g/mol. The first-order chi connectivity index (χ1) is 14.1. The van der Waals surface area contributed by atoms with Crippen LogP contribution in [0.4, 0.5) is 5.95 Å². The van der Waals surface area contributed by atoms with Crippen LogP contribution in [0.1, 0.15) is 42.5 Å². The summed E-state index contributed by atoms with van der Waals surface area (Å²) in [5, 5.41) is 3.22. The average molecular weight is 396 g/mol. The molecule has 2 aliphatic rings. The standard InChI is InChI=1S/C22H28N4O3/c1-16-18(20(28)24-21(23-16)26-12-14-29-15-13-26)8-9-19(27)25-22(10-5-11-22)17-6-3-2-4-7-17/h2-4,6-7H,5,8-15H2,1H3,(H,25,27)(H,23,24,28). The maximum Gasteiger partial charge on any atom is 0.255 e. The van der Waals surface area contributed by atoms with Gasteiger partial charge in [-0.3, -0.25) is 14.6 Å². The molecule has 2 heterocycles. The molecule has 1 saturated carbocycles. The van der Waals surface area contributed by atoms with E-state index in [1.165, 1.54) is 0 Å². The third kappa shape index (κ3) is 4.19. The topological polar surface area (TPSA) is 87.3 Å². The van der Waals surface area contributed by atoms with Crippen LogP contribution in [0.5, 0.6) is 0 Å². The molecule has 0 spiro atoms. The number of nitrogens with zero attached hydrogens (tertiary/aromatic N) is 2. The van der Waals surface area contributed by atoms with E-state index in [0.29, 0.717) is 49.9 Å². The molecule has 2 N–H and O–H groups in total. The van der Waals surface area contributed by atoms with Gasteiger partial charge < -0.3 is 15.0 Å². The minimum Gasteiger partial charge on any atom is -0.378 e. The summed E-state index contributed by atoms with van der Waals surface area (Å²) in [6.45, 7) is 4.53. The number of nitrogens with one attached hydrogen (secondary N) is 2. The van der Waals surface area contributed by atoms with Crippen LogP contribution < -0.4 is 15.8 Å². The summed E-state index contributed by atoms with van der Waals surface area (Å²) in [5.74, 6) is 0.561. The Morgan fingerprint density at radius 1 is 1.24 bits per heavy atom. The zero-order chi connectivity index (χ0) is 20.3. The molecule has 0 radical (unpaired) electrons. The number of aryl methyl sites for hydroxylation is 1. The number of hydrogen-bond donors (Lipinski definition) is 2. The molecular formula is C22H28N4O3. The van der Waals surface area contributed by atoms with Crippen LogP contribution >= 0.6 is 0 Å². The predicted molar refractivity (Wildman–Crippen MR) is 111 cm³/mol. The lowest BCUT2D eigenvalue weighted by atomic mass is 9.71. The molecule has 154 valence electrons. The average Bonchev–Trinajstić information content (AvgIpc) is 2.71. The number of ether oxygens (including phenoxy) is 1. The second kappa shape index (κ2) is 8.37. The van der Waals surface area contributed by atoms with E-state index in [4.69, 9.17) is 4.74 Å². The number of aromatic nitrogens is 2. The van der Waals surface area contributed by atoms with Crippen molar-refractivity contribution in [2.75, 3.05) is 31.2 Å². The van der Waals surface area contributed by atoms with E-state index in [9.17, 15) is 9.59 Å². The molecule has 1 aliphatic heterocycles. The van der Waals surface area contributed by atoms with Crippen molar-refractivity contribution >= 4 is 11.9 Å². The number of benzene rings is 1. The Morgan fingerprint density at radius 3 is 2.59 bits per heavy atom. The maximum atomic E-state index is 12.7. The van der Waals surface area contributed by atoms with Gasteiger partial charge in [0.2, 0.25) is 11.9 Å². The molecule has 0 atom stereocenters. The normalized spacial score (nSPS) is 18.2. The van der Waals surface area contributed by atoms with Gasteiger partial charge in [-0.2, -0.15) is 0 Å².